The van der Waals surface area contributed by atoms with Gasteiger partial charge in [0.1, 0.15) is 5.69 Å². The van der Waals surface area contributed by atoms with Gasteiger partial charge in [-0.25, -0.2) is 0 Å². The van der Waals surface area contributed by atoms with Gasteiger partial charge in [-0.1, -0.05) is 0 Å². The Bertz CT molecular complexity index is 431. The number of nitrogens with zero attached hydrogens (tertiary/aromatic N) is 2. The summed E-state index contributed by atoms with van der Waals surface area (Å²) in [5, 5.41) is 10.4. The zero-order chi connectivity index (χ0) is 12.3. The molecule has 5 nitrogen and oxygen atoms in total. The lowest BCUT2D eigenvalue weighted by molar-refractivity contribution is -0.385. The van der Waals surface area contributed by atoms with Gasteiger partial charge < -0.3 is 0 Å². The van der Waals surface area contributed by atoms with Gasteiger partial charge >= 0.3 is 6.18 Å². The van der Waals surface area contributed by atoms with Crippen LogP contribution in [0.3, 0.4) is 0 Å². The van der Waals surface area contributed by atoms with E-state index < -0.39 is 34.7 Å². The van der Waals surface area contributed by atoms with Crippen molar-refractivity contribution in [1.29, 1.82) is 0 Å². The van der Waals surface area contributed by atoms with E-state index in [0.717, 1.165) is 12.3 Å². The minimum atomic E-state index is -5.01. The third-order valence-electron chi connectivity index (χ3n) is 1.71. The van der Waals surface area contributed by atoms with Crippen LogP contribution < -0.4 is 0 Å². The van der Waals surface area contributed by atoms with Crippen molar-refractivity contribution in [3.8, 4) is 0 Å². The SMILES string of the molecule is O=C(Cc1ncccc1[N+](=O)[O-])C(F)(F)F. The molecule has 16 heavy (non-hydrogen) atoms. The molecule has 0 unspecified atom stereocenters. The predicted octanol–water partition coefficient (Wildman–Crippen LogP) is 1.66. The number of ketones is 1. The van der Waals surface area contributed by atoms with E-state index in [2.05, 4.69) is 4.98 Å². The highest BCUT2D eigenvalue weighted by molar-refractivity contribution is 5.86. The molecular formula is C8H5F3N2O3. The molecular weight excluding hydrogens is 229 g/mol. The summed E-state index contributed by atoms with van der Waals surface area (Å²) in [5.74, 6) is -2.06. The minimum absolute atomic E-state index is 0.491. The van der Waals surface area contributed by atoms with Gasteiger partial charge in [-0.2, -0.15) is 13.2 Å². The first-order valence-electron chi connectivity index (χ1n) is 4.00. The van der Waals surface area contributed by atoms with Crippen LogP contribution in [0, 0.1) is 10.1 Å². The summed E-state index contributed by atoms with van der Waals surface area (Å²) >= 11 is 0. The summed E-state index contributed by atoms with van der Waals surface area (Å²) in [4.78, 5) is 23.6. The normalized spacial score (nSPS) is 11.2. The molecule has 0 aliphatic carbocycles. The van der Waals surface area contributed by atoms with E-state index in [4.69, 9.17) is 0 Å². The van der Waals surface area contributed by atoms with E-state index in [-0.39, 0.29) is 0 Å². The Kier molecular flexibility index (Phi) is 3.21. The molecule has 1 aromatic rings. The quantitative estimate of drug-likeness (QED) is 0.588. The molecule has 0 N–H and O–H groups in total. The molecule has 1 heterocycles. The lowest BCUT2D eigenvalue weighted by Crippen LogP contribution is -2.25. The van der Waals surface area contributed by atoms with Crippen LogP contribution in [-0.4, -0.2) is 21.9 Å². The smallest absolute Gasteiger partial charge is 0.289 e. The first kappa shape index (κ1) is 12.1. The second-order valence-electron chi connectivity index (χ2n) is 2.82. The summed E-state index contributed by atoms with van der Waals surface area (Å²) in [6.07, 6.45) is -5.04. The van der Waals surface area contributed by atoms with E-state index in [9.17, 15) is 28.1 Å². The van der Waals surface area contributed by atoms with E-state index in [1.807, 2.05) is 0 Å². The third kappa shape index (κ3) is 2.75. The first-order valence-corrected chi connectivity index (χ1v) is 4.00. The highest BCUT2D eigenvalue weighted by atomic mass is 19.4. The number of hydrogen-bond donors (Lipinski definition) is 0. The monoisotopic (exact) mass is 234 g/mol. The van der Waals surface area contributed by atoms with Crippen LogP contribution in [0.4, 0.5) is 18.9 Å². The summed E-state index contributed by atoms with van der Waals surface area (Å²) in [6.45, 7) is 0. The number of aromatic nitrogens is 1. The second-order valence-corrected chi connectivity index (χ2v) is 2.82. The number of halogens is 3. The maximum atomic E-state index is 11.9. The molecule has 1 rings (SSSR count). The topological polar surface area (TPSA) is 73.1 Å². The van der Waals surface area contributed by atoms with Gasteiger partial charge in [-0.3, -0.25) is 19.9 Å². The Morgan fingerprint density at radius 1 is 1.50 bits per heavy atom. The maximum Gasteiger partial charge on any atom is 0.450 e. The Morgan fingerprint density at radius 3 is 2.62 bits per heavy atom. The van der Waals surface area contributed by atoms with Gasteiger partial charge in [0.25, 0.3) is 5.69 Å². The number of hydrogen-bond acceptors (Lipinski definition) is 4. The van der Waals surface area contributed by atoms with Crippen LogP contribution in [-0.2, 0) is 11.2 Å². The van der Waals surface area contributed by atoms with Crippen molar-refractivity contribution in [2.45, 2.75) is 12.6 Å². The van der Waals surface area contributed by atoms with Crippen LogP contribution >= 0.6 is 0 Å². The Morgan fingerprint density at radius 2 is 2.12 bits per heavy atom. The Balaban J connectivity index is 2.98. The number of pyridine rings is 1. The molecule has 0 aliphatic heterocycles. The van der Waals surface area contributed by atoms with Gasteiger partial charge in [0.15, 0.2) is 0 Å². The zero-order valence-corrected chi connectivity index (χ0v) is 7.69. The molecule has 0 fully saturated rings. The second kappa shape index (κ2) is 4.25. The largest absolute Gasteiger partial charge is 0.450 e. The van der Waals surface area contributed by atoms with Crippen molar-refractivity contribution < 1.29 is 22.9 Å². The van der Waals surface area contributed by atoms with Crippen molar-refractivity contribution in [1.82, 2.24) is 4.98 Å². The summed E-state index contributed by atoms with van der Waals surface area (Å²) < 4.78 is 35.8. The van der Waals surface area contributed by atoms with Crippen molar-refractivity contribution >= 4 is 11.5 Å². The lowest BCUT2D eigenvalue weighted by Gasteiger charge is -2.04. The van der Waals surface area contributed by atoms with Gasteiger partial charge in [0, 0.05) is 12.3 Å². The molecule has 0 atom stereocenters. The zero-order valence-electron chi connectivity index (χ0n) is 7.69. The molecule has 8 heteroatoms. The number of Topliss-reactive ketones (excluding diaryl/α,β-unsaturated/α-hetero) is 1. The fourth-order valence-corrected chi connectivity index (χ4v) is 0.984. The fraction of sp³-hybridized carbons (Fsp3) is 0.250. The standard InChI is InChI=1S/C8H5F3N2O3/c9-8(10,11)7(14)4-5-6(13(15)16)2-1-3-12-5/h1-3H,4H2. The number of carbonyl (C=O) groups excluding carboxylic acids is 1. The summed E-state index contributed by atoms with van der Waals surface area (Å²) in [7, 11) is 0. The van der Waals surface area contributed by atoms with E-state index >= 15 is 0 Å². The number of carbonyl (C=O) groups is 1. The predicted molar refractivity (Wildman–Crippen MR) is 45.7 cm³/mol. The summed E-state index contributed by atoms with van der Waals surface area (Å²) in [6, 6.07) is 2.20. The van der Waals surface area contributed by atoms with Crippen LogP contribution in [0.15, 0.2) is 18.3 Å². The van der Waals surface area contributed by atoms with Crippen LogP contribution in [0.25, 0.3) is 0 Å². The average molecular weight is 234 g/mol. The Labute approximate surface area is 87.1 Å². The number of alkyl halides is 3. The lowest BCUT2D eigenvalue weighted by atomic mass is 10.1. The minimum Gasteiger partial charge on any atom is -0.289 e. The molecule has 86 valence electrons. The van der Waals surface area contributed by atoms with Crippen molar-refractivity contribution in [2.24, 2.45) is 0 Å². The number of rotatable bonds is 3. The Hall–Kier alpha value is -1.99. The fourth-order valence-electron chi connectivity index (χ4n) is 0.984. The first-order chi connectivity index (χ1) is 7.32. The van der Waals surface area contributed by atoms with E-state index in [1.54, 1.807) is 0 Å². The summed E-state index contributed by atoms with van der Waals surface area (Å²) in [5.41, 5.74) is -1.09. The van der Waals surface area contributed by atoms with Crippen LogP contribution in [0.5, 0.6) is 0 Å². The molecule has 0 aromatic carbocycles. The van der Waals surface area contributed by atoms with E-state index in [1.165, 1.54) is 6.07 Å². The molecule has 0 saturated carbocycles. The third-order valence-corrected chi connectivity index (χ3v) is 1.71. The number of nitro groups is 1. The molecule has 0 spiro atoms. The van der Waals surface area contributed by atoms with Gasteiger partial charge in [0.2, 0.25) is 5.78 Å². The molecule has 1 aromatic heterocycles. The highest BCUT2D eigenvalue weighted by Crippen LogP contribution is 2.22. The maximum absolute atomic E-state index is 11.9. The van der Waals surface area contributed by atoms with Gasteiger partial charge in [-0.05, 0) is 6.07 Å². The van der Waals surface area contributed by atoms with Crippen molar-refractivity contribution in [2.75, 3.05) is 0 Å². The van der Waals surface area contributed by atoms with Crippen molar-refractivity contribution in [3.05, 3.63) is 34.1 Å². The van der Waals surface area contributed by atoms with Gasteiger partial charge in [-0.15, -0.1) is 0 Å². The molecule has 0 amide bonds. The highest BCUT2D eigenvalue weighted by Gasteiger charge is 2.39. The molecule has 0 aliphatic rings. The molecule has 0 radical (unpaired) electrons. The van der Waals surface area contributed by atoms with Crippen molar-refractivity contribution in [3.63, 3.8) is 0 Å². The average Bonchev–Trinajstić information content (AvgIpc) is 2.16. The molecule has 0 bridgehead atoms. The molecule has 0 saturated heterocycles. The van der Waals surface area contributed by atoms with Crippen LogP contribution in [0.2, 0.25) is 0 Å². The van der Waals surface area contributed by atoms with Crippen LogP contribution in [0.1, 0.15) is 5.69 Å². The van der Waals surface area contributed by atoms with E-state index in [0.29, 0.717) is 0 Å². The van der Waals surface area contributed by atoms with Gasteiger partial charge in [0.05, 0.1) is 11.3 Å².